The fourth-order valence-corrected chi connectivity index (χ4v) is 1.16. The van der Waals surface area contributed by atoms with Crippen LogP contribution in [0, 0.1) is 6.92 Å². The molecule has 1 rings (SSSR count). The number of carbonyl (C=O) groups excluding carboxylic acids is 1. The van der Waals surface area contributed by atoms with Crippen molar-refractivity contribution in [2.24, 2.45) is 0 Å². The number of hydrogen-bond donors (Lipinski definition) is 3. The topological polar surface area (TPSA) is 62.4 Å². The first-order valence-corrected chi connectivity index (χ1v) is 4.85. The maximum absolute atomic E-state index is 10.5. The number of thiocarbonyl (C=S) groups is 1. The molecule has 0 aliphatic heterocycles. The molecule has 0 aliphatic carbocycles. The highest BCUT2D eigenvalue weighted by molar-refractivity contribution is 7.80. The molecule has 6 heteroatoms. The van der Waals surface area contributed by atoms with Crippen molar-refractivity contribution in [1.29, 1.82) is 0 Å². The van der Waals surface area contributed by atoms with Crippen LogP contribution in [0.3, 0.4) is 0 Å². The van der Waals surface area contributed by atoms with E-state index in [0.717, 1.165) is 5.69 Å². The van der Waals surface area contributed by atoms with Gasteiger partial charge in [0.25, 0.3) is 0 Å². The van der Waals surface area contributed by atoms with Gasteiger partial charge >= 0.3 is 0 Å². The van der Waals surface area contributed by atoms with Crippen molar-refractivity contribution >= 4 is 28.9 Å². The normalized spacial score (nSPS) is 9.12. The Morgan fingerprint density at radius 2 is 2.19 bits per heavy atom. The standard InChI is InChI=1S/C10H12N3O2S/c1-7(14)12-13-10(16)11-8-4-3-5-9(6-8)15-2/h3-6H,1H2,2H3,(H,12,14)(H2,11,13,16). The number of hydrazine groups is 1. The molecular weight excluding hydrogens is 226 g/mol. The maximum Gasteiger partial charge on any atom is 0.238 e. The zero-order valence-corrected chi connectivity index (χ0v) is 9.56. The van der Waals surface area contributed by atoms with Crippen LogP contribution in [0.15, 0.2) is 24.3 Å². The minimum Gasteiger partial charge on any atom is -0.497 e. The van der Waals surface area contributed by atoms with Gasteiger partial charge in [0.05, 0.1) is 7.11 Å². The molecule has 3 N–H and O–H groups in total. The van der Waals surface area contributed by atoms with Crippen molar-refractivity contribution in [1.82, 2.24) is 10.9 Å². The second-order valence-corrected chi connectivity index (χ2v) is 3.27. The number of ether oxygens (including phenoxy) is 1. The highest BCUT2D eigenvalue weighted by atomic mass is 32.1. The second kappa shape index (κ2) is 5.92. The third-order valence-electron chi connectivity index (χ3n) is 1.64. The minimum atomic E-state index is -0.463. The van der Waals surface area contributed by atoms with Gasteiger partial charge in [-0.25, -0.2) is 0 Å². The lowest BCUT2D eigenvalue weighted by atomic mass is 10.3. The predicted molar refractivity (Wildman–Crippen MR) is 65.9 cm³/mol. The van der Waals surface area contributed by atoms with E-state index in [1.165, 1.54) is 0 Å². The molecule has 1 aromatic rings. The Kier molecular flexibility index (Phi) is 4.53. The average molecular weight is 238 g/mol. The summed E-state index contributed by atoms with van der Waals surface area (Å²) in [4.78, 5) is 10.5. The first-order valence-electron chi connectivity index (χ1n) is 4.45. The molecule has 5 nitrogen and oxygen atoms in total. The molecule has 0 saturated carbocycles. The van der Waals surface area contributed by atoms with Crippen molar-refractivity contribution in [2.45, 2.75) is 0 Å². The Hall–Kier alpha value is -1.82. The highest BCUT2D eigenvalue weighted by Crippen LogP contribution is 2.16. The van der Waals surface area contributed by atoms with Crippen molar-refractivity contribution in [3.05, 3.63) is 31.2 Å². The molecule has 0 bridgehead atoms. The molecule has 0 unspecified atom stereocenters. The summed E-state index contributed by atoms with van der Waals surface area (Å²) in [5.74, 6) is 0.254. The number of benzene rings is 1. The molecule has 0 heterocycles. The summed E-state index contributed by atoms with van der Waals surface area (Å²) in [7, 11) is 1.58. The van der Waals surface area contributed by atoms with Gasteiger partial charge in [-0.3, -0.25) is 15.6 Å². The van der Waals surface area contributed by atoms with E-state index in [9.17, 15) is 4.79 Å². The van der Waals surface area contributed by atoms with Crippen LogP contribution < -0.4 is 20.9 Å². The smallest absolute Gasteiger partial charge is 0.238 e. The molecule has 0 aliphatic rings. The predicted octanol–water partition coefficient (Wildman–Crippen LogP) is 0.847. The van der Waals surface area contributed by atoms with Crippen LogP contribution in [-0.4, -0.2) is 18.1 Å². The molecule has 0 saturated heterocycles. The number of nitrogens with one attached hydrogen (secondary N) is 3. The molecule has 0 fully saturated rings. The molecule has 1 aromatic carbocycles. The quantitative estimate of drug-likeness (QED) is 0.526. The van der Waals surface area contributed by atoms with E-state index in [0.29, 0.717) is 5.75 Å². The van der Waals surface area contributed by atoms with E-state index in [1.807, 2.05) is 18.2 Å². The van der Waals surface area contributed by atoms with Gasteiger partial charge in [0.2, 0.25) is 5.91 Å². The van der Waals surface area contributed by atoms with Crippen LogP contribution in [0.5, 0.6) is 5.75 Å². The zero-order valence-electron chi connectivity index (χ0n) is 8.74. The number of amides is 1. The summed E-state index contributed by atoms with van der Waals surface area (Å²) in [6.45, 7) is 3.12. The van der Waals surface area contributed by atoms with Gasteiger partial charge in [0, 0.05) is 18.7 Å². The van der Waals surface area contributed by atoms with E-state index >= 15 is 0 Å². The van der Waals surface area contributed by atoms with E-state index in [4.69, 9.17) is 17.0 Å². The Balaban J connectivity index is 2.52. The maximum atomic E-state index is 10.5. The Morgan fingerprint density at radius 3 is 2.81 bits per heavy atom. The number of methoxy groups -OCH3 is 1. The van der Waals surface area contributed by atoms with Crippen molar-refractivity contribution < 1.29 is 9.53 Å². The molecule has 85 valence electrons. The van der Waals surface area contributed by atoms with Gasteiger partial charge in [-0.1, -0.05) is 6.07 Å². The number of anilines is 1. The van der Waals surface area contributed by atoms with Crippen LogP contribution >= 0.6 is 12.2 Å². The molecule has 1 amide bonds. The summed E-state index contributed by atoms with van der Waals surface area (Å²) in [5.41, 5.74) is 5.50. The van der Waals surface area contributed by atoms with Crippen molar-refractivity contribution in [3.63, 3.8) is 0 Å². The van der Waals surface area contributed by atoms with Gasteiger partial charge in [0.1, 0.15) is 5.75 Å². The van der Waals surface area contributed by atoms with Gasteiger partial charge in [-0.2, -0.15) is 0 Å². The molecule has 16 heavy (non-hydrogen) atoms. The minimum absolute atomic E-state index is 0.269. The number of rotatable bonds is 2. The average Bonchev–Trinajstić information content (AvgIpc) is 2.26. The Morgan fingerprint density at radius 1 is 1.44 bits per heavy atom. The molecule has 0 spiro atoms. The summed E-state index contributed by atoms with van der Waals surface area (Å²) >= 11 is 4.93. The summed E-state index contributed by atoms with van der Waals surface area (Å²) in [5, 5.41) is 3.14. The van der Waals surface area contributed by atoms with E-state index < -0.39 is 5.91 Å². The molecule has 0 aromatic heterocycles. The fraction of sp³-hybridized carbons (Fsp3) is 0.100. The third-order valence-corrected chi connectivity index (χ3v) is 1.85. The summed E-state index contributed by atoms with van der Waals surface area (Å²) in [6.07, 6.45) is 0. The van der Waals surface area contributed by atoms with Crippen LogP contribution in [0.4, 0.5) is 5.69 Å². The van der Waals surface area contributed by atoms with Crippen LogP contribution in [-0.2, 0) is 4.79 Å². The molecule has 1 radical (unpaired) electrons. The summed E-state index contributed by atoms with van der Waals surface area (Å²) in [6, 6.07) is 7.24. The van der Waals surface area contributed by atoms with Gasteiger partial charge in [0.15, 0.2) is 5.11 Å². The van der Waals surface area contributed by atoms with Gasteiger partial charge < -0.3 is 10.1 Å². The first-order chi connectivity index (χ1) is 7.61. The van der Waals surface area contributed by atoms with Crippen LogP contribution in [0.1, 0.15) is 0 Å². The Labute approximate surface area is 99.1 Å². The SMILES string of the molecule is [CH2]C(=O)NNC(=S)Nc1cccc(OC)c1. The summed E-state index contributed by atoms with van der Waals surface area (Å²) < 4.78 is 5.05. The van der Waals surface area contributed by atoms with Crippen LogP contribution in [0.25, 0.3) is 0 Å². The lowest BCUT2D eigenvalue weighted by Gasteiger charge is -2.10. The third kappa shape index (κ3) is 4.14. The van der Waals surface area contributed by atoms with E-state index in [-0.39, 0.29) is 5.11 Å². The molecule has 0 atom stereocenters. The zero-order chi connectivity index (χ0) is 12.0. The van der Waals surface area contributed by atoms with Crippen molar-refractivity contribution in [2.75, 3.05) is 12.4 Å². The molecular formula is C10H12N3O2S. The number of carbonyl (C=O) groups is 1. The van der Waals surface area contributed by atoms with Gasteiger partial charge in [-0.05, 0) is 24.4 Å². The highest BCUT2D eigenvalue weighted by Gasteiger charge is 1.99. The van der Waals surface area contributed by atoms with E-state index in [1.54, 1.807) is 13.2 Å². The van der Waals surface area contributed by atoms with Crippen molar-refractivity contribution in [3.8, 4) is 5.75 Å². The lowest BCUT2D eigenvalue weighted by molar-refractivity contribution is -0.117. The second-order valence-electron chi connectivity index (χ2n) is 2.86. The largest absolute Gasteiger partial charge is 0.497 e. The van der Waals surface area contributed by atoms with Crippen LogP contribution in [0.2, 0.25) is 0 Å². The number of hydrogen-bond acceptors (Lipinski definition) is 3. The first kappa shape index (κ1) is 12.3. The van der Waals surface area contributed by atoms with Gasteiger partial charge in [-0.15, -0.1) is 0 Å². The fourth-order valence-electron chi connectivity index (χ4n) is 0.990. The monoisotopic (exact) mass is 238 g/mol. The van der Waals surface area contributed by atoms with E-state index in [2.05, 4.69) is 23.1 Å². The lowest BCUT2D eigenvalue weighted by Crippen LogP contribution is -2.42. The Bertz CT molecular complexity index is 395.